The van der Waals surface area contributed by atoms with Crippen LogP contribution in [0.4, 0.5) is 0 Å². The lowest BCUT2D eigenvalue weighted by Gasteiger charge is -2.31. The van der Waals surface area contributed by atoms with E-state index in [1.807, 2.05) is 20.8 Å². The van der Waals surface area contributed by atoms with Crippen LogP contribution in [-0.4, -0.2) is 34.7 Å². The molecule has 5 nitrogen and oxygen atoms in total. The molecule has 1 rings (SSSR count). The quantitative estimate of drug-likeness (QED) is 0.764. The molecule has 110 valence electrons. The summed E-state index contributed by atoms with van der Waals surface area (Å²) < 4.78 is 5.38. The molecule has 0 aromatic heterocycles. The van der Waals surface area contributed by atoms with Crippen molar-refractivity contribution in [1.29, 1.82) is 0 Å². The number of hydrogen-bond acceptors (Lipinski definition) is 4. The van der Waals surface area contributed by atoms with Crippen LogP contribution in [0.2, 0.25) is 0 Å². The summed E-state index contributed by atoms with van der Waals surface area (Å²) >= 11 is 0. The SMILES string of the molecule is C[C@H](NC1CCC(C(=O)OC(C)(C)C)CC1)C(=O)O. The summed E-state index contributed by atoms with van der Waals surface area (Å²) in [5, 5.41) is 11.9. The number of carboxylic acids is 1. The molecule has 1 aliphatic rings. The highest BCUT2D eigenvalue weighted by Crippen LogP contribution is 2.27. The molecule has 0 amide bonds. The Bertz CT molecular complexity index is 327. The summed E-state index contributed by atoms with van der Waals surface area (Å²) in [6.45, 7) is 7.24. The highest BCUT2D eigenvalue weighted by Gasteiger charge is 2.30. The van der Waals surface area contributed by atoms with Gasteiger partial charge in [-0.2, -0.15) is 0 Å². The second kappa shape index (κ2) is 6.37. The predicted molar refractivity (Wildman–Crippen MR) is 71.8 cm³/mol. The molecule has 1 aliphatic carbocycles. The highest BCUT2D eigenvalue weighted by atomic mass is 16.6. The molecule has 5 heteroatoms. The van der Waals surface area contributed by atoms with Gasteiger partial charge in [-0.25, -0.2) is 0 Å². The topological polar surface area (TPSA) is 75.6 Å². The van der Waals surface area contributed by atoms with Gasteiger partial charge in [0.1, 0.15) is 11.6 Å². The molecular weight excluding hydrogens is 246 g/mol. The average Bonchev–Trinajstić information content (AvgIpc) is 2.27. The summed E-state index contributed by atoms with van der Waals surface area (Å²) in [4.78, 5) is 22.7. The number of hydrogen-bond donors (Lipinski definition) is 2. The molecule has 0 radical (unpaired) electrons. The second-order valence-corrected chi connectivity index (χ2v) is 6.31. The maximum atomic E-state index is 11.9. The van der Waals surface area contributed by atoms with Crippen molar-refractivity contribution in [2.24, 2.45) is 5.92 Å². The Kier molecular flexibility index (Phi) is 5.35. The van der Waals surface area contributed by atoms with E-state index in [9.17, 15) is 9.59 Å². The van der Waals surface area contributed by atoms with Crippen molar-refractivity contribution < 1.29 is 19.4 Å². The Morgan fingerprint density at radius 2 is 1.74 bits per heavy atom. The fourth-order valence-electron chi connectivity index (χ4n) is 2.31. The Balaban J connectivity index is 2.36. The number of carbonyl (C=O) groups is 2. The molecule has 19 heavy (non-hydrogen) atoms. The van der Waals surface area contributed by atoms with Crippen molar-refractivity contribution in [3.8, 4) is 0 Å². The van der Waals surface area contributed by atoms with E-state index in [1.54, 1.807) is 6.92 Å². The van der Waals surface area contributed by atoms with E-state index in [2.05, 4.69) is 5.32 Å². The molecule has 0 aromatic carbocycles. The van der Waals surface area contributed by atoms with Gasteiger partial charge in [-0.3, -0.25) is 9.59 Å². The molecular formula is C14H25NO4. The third kappa shape index (κ3) is 5.59. The van der Waals surface area contributed by atoms with E-state index >= 15 is 0 Å². The van der Waals surface area contributed by atoms with Crippen molar-refractivity contribution in [2.75, 3.05) is 0 Å². The van der Waals surface area contributed by atoms with Crippen LogP contribution >= 0.6 is 0 Å². The maximum absolute atomic E-state index is 11.9. The van der Waals surface area contributed by atoms with E-state index in [1.165, 1.54) is 0 Å². The van der Waals surface area contributed by atoms with Crippen LogP contribution in [0.5, 0.6) is 0 Å². The Morgan fingerprint density at radius 1 is 1.21 bits per heavy atom. The summed E-state index contributed by atoms with van der Waals surface area (Å²) in [6.07, 6.45) is 3.17. The van der Waals surface area contributed by atoms with Crippen LogP contribution in [0.3, 0.4) is 0 Å². The summed E-state index contributed by atoms with van der Waals surface area (Å²) in [7, 11) is 0. The largest absolute Gasteiger partial charge is 0.480 e. The van der Waals surface area contributed by atoms with Crippen molar-refractivity contribution >= 4 is 11.9 Å². The number of nitrogens with one attached hydrogen (secondary N) is 1. The van der Waals surface area contributed by atoms with E-state index in [-0.39, 0.29) is 17.9 Å². The van der Waals surface area contributed by atoms with Crippen molar-refractivity contribution in [3.63, 3.8) is 0 Å². The smallest absolute Gasteiger partial charge is 0.320 e. The van der Waals surface area contributed by atoms with Crippen molar-refractivity contribution in [3.05, 3.63) is 0 Å². The van der Waals surface area contributed by atoms with Gasteiger partial charge in [0.2, 0.25) is 0 Å². The molecule has 0 spiro atoms. The third-order valence-corrected chi connectivity index (χ3v) is 3.32. The van der Waals surface area contributed by atoms with Crippen molar-refractivity contribution in [2.45, 2.75) is 71.1 Å². The van der Waals surface area contributed by atoms with Gasteiger partial charge in [0, 0.05) is 6.04 Å². The van der Waals surface area contributed by atoms with E-state index in [0.29, 0.717) is 0 Å². The van der Waals surface area contributed by atoms with E-state index < -0.39 is 17.6 Å². The lowest BCUT2D eigenvalue weighted by Crippen LogP contribution is -2.44. The first-order valence-electron chi connectivity index (χ1n) is 6.91. The molecule has 0 unspecified atom stereocenters. The minimum Gasteiger partial charge on any atom is -0.480 e. The molecule has 1 saturated carbocycles. The van der Waals surface area contributed by atoms with Crippen LogP contribution in [0.1, 0.15) is 53.4 Å². The molecule has 0 bridgehead atoms. The zero-order chi connectivity index (χ0) is 14.6. The molecule has 0 aromatic rings. The van der Waals surface area contributed by atoms with Gasteiger partial charge in [0.15, 0.2) is 0 Å². The normalized spacial score (nSPS) is 25.7. The lowest BCUT2D eigenvalue weighted by molar-refractivity contribution is -0.161. The first-order chi connectivity index (χ1) is 8.69. The van der Waals surface area contributed by atoms with Gasteiger partial charge in [0.05, 0.1) is 5.92 Å². The average molecular weight is 271 g/mol. The van der Waals surface area contributed by atoms with Crippen LogP contribution < -0.4 is 5.32 Å². The summed E-state index contributed by atoms with van der Waals surface area (Å²) in [5.41, 5.74) is -0.440. The lowest BCUT2D eigenvalue weighted by atomic mass is 9.85. The number of esters is 1. The predicted octanol–water partition coefficient (Wildman–Crippen LogP) is 1.95. The molecule has 0 aliphatic heterocycles. The number of ether oxygens (including phenoxy) is 1. The van der Waals surface area contributed by atoms with Gasteiger partial charge in [-0.15, -0.1) is 0 Å². The van der Waals surface area contributed by atoms with Gasteiger partial charge in [-0.1, -0.05) is 0 Å². The summed E-state index contributed by atoms with van der Waals surface area (Å²) in [6, 6.07) is -0.354. The second-order valence-electron chi connectivity index (χ2n) is 6.31. The number of carboxylic acid groups (broad SMARTS) is 1. The standard InChI is InChI=1S/C14H25NO4/c1-9(12(16)17)15-11-7-5-10(6-8-11)13(18)19-14(2,3)4/h9-11,15H,5-8H2,1-4H3,(H,16,17)/t9-,10?,11?/m0/s1. The molecule has 0 heterocycles. The monoisotopic (exact) mass is 271 g/mol. The Hall–Kier alpha value is -1.10. The number of aliphatic carboxylic acids is 1. The Labute approximate surface area is 114 Å². The fourth-order valence-corrected chi connectivity index (χ4v) is 2.31. The number of carbonyl (C=O) groups excluding carboxylic acids is 1. The first kappa shape index (κ1) is 16.0. The molecule has 1 fully saturated rings. The maximum Gasteiger partial charge on any atom is 0.320 e. The van der Waals surface area contributed by atoms with Crippen molar-refractivity contribution in [1.82, 2.24) is 5.32 Å². The minimum absolute atomic E-state index is 0.0441. The minimum atomic E-state index is -0.839. The fraction of sp³-hybridized carbons (Fsp3) is 0.857. The van der Waals surface area contributed by atoms with E-state index in [0.717, 1.165) is 25.7 Å². The number of rotatable bonds is 4. The zero-order valence-corrected chi connectivity index (χ0v) is 12.2. The first-order valence-corrected chi connectivity index (χ1v) is 6.91. The Morgan fingerprint density at radius 3 is 2.16 bits per heavy atom. The summed E-state index contributed by atoms with van der Waals surface area (Å²) in [5.74, 6) is -1.01. The van der Waals surface area contributed by atoms with Crippen LogP contribution in [0.15, 0.2) is 0 Å². The van der Waals surface area contributed by atoms with Gasteiger partial charge >= 0.3 is 11.9 Å². The molecule has 2 N–H and O–H groups in total. The van der Waals surface area contributed by atoms with Gasteiger partial charge in [0.25, 0.3) is 0 Å². The molecule has 1 atom stereocenters. The van der Waals surface area contributed by atoms with Crippen LogP contribution in [-0.2, 0) is 14.3 Å². The zero-order valence-electron chi connectivity index (χ0n) is 12.2. The van der Waals surface area contributed by atoms with Gasteiger partial charge < -0.3 is 15.2 Å². The highest BCUT2D eigenvalue weighted by molar-refractivity contribution is 5.73. The third-order valence-electron chi connectivity index (χ3n) is 3.32. The molecule has 0 saturated heterocycles. The van der Waals surface area contributed by atoms with Crippen LogP contribution in [0, 0.1) is 5.92 Å². The van der Waals surface area contributed by atoms with E-state index in [4.69, 9.17) is 9.84 Å². The van der Waals surface area contributed by atoms with Crippen LogP contribution in [0.25, 0.3) is 0 Å². The van der Waals surface area contributed by atoms with Gasteiger partial charge in [-0.05, 0) is 53.4 Å².